The van der Waals surface area contributed by atoms with Crippen molar-refractivity contribution in [2.45, 2.75) is 75.0 Å². The minimum Gasteiger partial charge on any atom is -0.390 e. The fraction of sp³-hybridized carbons (Fsp3) is 0.462. The lowest BCUT2D eigenvalue weighted by atomic mass is 9.56. The Hall–Kier alpha value is -2.73. The maximum absolute atomic E-state index is 15.6. The first-order chi connectivity index (χ1) is 17.5. The van der Waals surface area contributed by atoms with E-state index in [0.29, 0.717) is 18.4 Å². The number of hydrogen-bond donors (Lipinski definition) is 3. The van der Waals surface area contributed by atoms with Gasteiger partial charge in [0.15, 0.2) is 5.82 Å². The highest BCUT2D eigenvalue weighted by Gasteiger charge is 2.57. The smallest absolute Gasteiger partial charge is 0.221 e. The van der Waals surface area contributed by atoms with E-state index in [-0.39, 0.29) is 48.2 Å². The normalized spacial score (nSPS) is 29.7. The third-order valence-corrected chi connectivity index (χ3v) is 10.0. The monoisotopic (exact) mass is 532 g/mol. The minimum atomic E-state index is -3.82. The third-order valence-electron chi connectivity index (χ3n) is 7.65. The fourth-order valence-corrected chi connectivity index (χ4v) is 8.08. The van der Waals surface area contributed by atoms with Crippen LogP contribution >= 0.6 is 0 Å². The second kappa shape index (κ2) is 9.23. The zero-order valence-electron chi connectivity index (χ0n) is 20.7. The summed E-state index contributed by atoms with van der Waals surface area (Å²) in [6.45, 7) is 2.67. The highest BCUT2D eigenvalue weighted by Crippen LogP contribution is 2.54. The first-order valence-electron chi connectivity index (χ1n) is 12.3. The van der Waals surface area contributed by atoms with E-state index in [1.54, 1.807) is 38.1 Å². The number of nitrogens with zero attached hydrogens (tertiary/aromatic N) is 3. The molecule has 3 aromatic rings. The molecule has 1 saturated heterocycles. The summed E-state index contributed by atoms with van der Waals surface area (Å²) < 4.78 is 59.5. The van der Waals surface area contributed by atoms with Gasteiger partial charge in [-0.25, -0.2) is 22.2 Å². The number of sulfonamides is 1. The Morgan fingerprint density at radius 2 is 1.84 bits per heavy atom. The van der Waals surface area contributed by atoms with Gasteiger partial charge in [0.1, 0.15) is 29.3 Å². The standard InChI is InChI=1S/C26H30F2N4O4S/c1-16-8-9-22(17-6-4-3-5-7-17)37(35,36)32(16)12-18-10-21(28)19(11-20(18)27)26(14-25(2,34)15-26)24-29-23(13-33)30-31-24/h3-7,10-11,16,22,33-34H,8-9,12-15H2,1-2H3,(H,29,30,31)/t16-,22+,25?,26?/m0/s1. The average Bonchev–Trinajstić information content (AvgIpc) is 3.32. The van der Waals surface area contributed by atoms with Crippen molar-refractivity contribution in [2.75, 3.05) is 0 Å². The number of halogens is 2. The molecule has 0 unspecified atom stereocenters. The lowest BCUT2D eigenvalue weighted by molar-refractivity contribution is -0.0648. The molecule has 2 aromatic carbocycles. The molecule has 11 heteroatoms. The summed E-state index contributed by atoms with van der Waals surface area (Å²) in [5.74, 6) is -1.14. The molecule has 5 rings (SSSR count). The first kappa shape index (κ1) is 25.9. The lowest BCUT2D eigenvalue weighted by Gasteiger charge is -2.50. The van der Waals surface area contributed by atoms with Gasteiger partial charge in [-0.3, -0.25) is 5.10 Å². The number of aromatic amines is 1. The molecular weight excluding hydrogens is 502 g/mol. The topological polar surface area (TPSA) is 119 Å². The van der Waals surface area contributed by atoms with Crippen LogP contribution < -0.4 is 0 Å². The van der Waals surface area contributed by atoms with Crippen molar-refractivity contribution in [1.29, 1.82) is 0 Å². The van der Waals surface area contributed by atoms with E-state index in [0.717, 1.165) is 12.1 Å². The van der Waals surface area contributed by atoms with Crippen LogP contribution in [0.5, 0.6) is 0 Å². The molecule has 3 N–H and O–H groups in total. The van der Waals surface area contributed by atoms with Crippen LogP contribution in [0.4, 0.5) is 8.78 Å². The van der Waals surface area contributed by atoms with Crippen LogP contribution in [0.1, 0.15) is 73.1 Å². The van der Waals surface area contributed by atoms with Gasteiger partial charge >= 0.3 is 0 Å². The summed E-state index contributed by atoms with van der Waals surface area (Å²) in [7, 11) is -3.82. The van der Waals surface area contributed by atoms with Crippen LogP contribution in [0.25, 0.3) is 0 Å². The predicted molar refractivity (Wildman–Crippen MR) is 132 cm³/mol. The fourth-order valence-electron chi connectivity index (χ4n) is 5.89. The quantitative estimate of drug-likeness (QED) is 0.447. The van der Waals surface area contributed by atoms with Gasteiger partial charge in [-0.05, 0) is 57.2 Å². The van der Waals surface area contributed by atoms with E-state index in [2.05, 4.69) is 15.2 Å². The van der Waals surface area contributed by atoms with Crippen LogP contribution in [-0.4, -0.2) is 49.8 Å². The average molecular weight is 533 g/mol. The number of benzene rings is 2. The van der Waals surface area contributed by atoms with Gasteiger partial charge in [0.2, 0.25) is 10.0 Å². The molecule has 0 radical (unpaired) electrons. The zero-order chi connectivity index (χ0) is 26.6. The molecule has 0 bridgehead atoms. The Labute approximate surface area is 214 Å². The van der Waals surface area contributed by atoms with Gasteiger partial charge in [-0.2, -0.15) is 9.40 Å². The molecule has 2 atom stereocenters. The number of rotatable bonds is 6. The van der Waals surface area contributed by atoms with Crippen LogP contribution in [0.15, 0.2) is 42.5 Å². The molecule has 1 saturated carbocycles. The van der Waals surface area contributed by atoms with Crippen molar-refractivity contribution in [2.24, 2.45) is 0 Å². The van der Waals surface area contributed by atoms with Crippen molar-refractivity contribution < 1.29 is 27.4 Å². The highest BCUT2D eigenvalue weighted by molar-refractivity contribution is 7.89. The Balaban J connectivity index is 1.49. The Morgan fingerprint density at radius 3 is 2.46 bits per heavy atom. The van der Waals surface area contributed by atoms with Gasteiger partial charge < -0.3 is 10.2 Å². The second-order valence-corrected chi connectivity index (χ2v) is 12.6. The molecule has 0 amide bonds. The molecule has 1 aromatic heterocycles. The second-order valence-electron chi connectivity index (χ2n) is 10.5. The molecular formula is C26H30F2N4O4S. The molecule has 2 aliphatic rings. The van der Waals surface area contributed by atoms with Crippen molar-refractivity contribution in [3.8, 4) is 0 Å². The molecule has 2 heterocycles. The number of aliphatic hydroxyl groups excluding tert-OH is 1. The summed E-state index contributed by atoms with van der Waals surface area (Å²) in [5.41, 5.74) is -1.71. The first-order valence-corrected chi connectivity index (χ1v) is 13.8. The summed E-state index contributed by atoms with van der Waals surface area (Å²) in [6, 6.07) is 10.6. The molecule has 0 spiro atoms. The molecule has 1 aliphatic heterocycles. The molecule has 8 nitrogen and oxygen atoms in total. The molecule has 37 heavy (non-hydrogen) atoms. The van der Waals surface area contributed by atoms with E-state index >= 15 is 8.78 Å². The Bertz CT molecular complexity index is 1400. The molecule has 1 aliphatic carbocycles. The minimum absolute atomic E-state index is 0.0134. The summed E-state index contributed by atoms with van der Waals surface area (Å²) in [6.07, 6.45) is 1.18. The van der Waals surface area contributed by atoms with Gasteiger partial charge in [0.25, 0.3) is 0 Å². The number of H-pyrrole nitrogens is 1. The zero-order valence-corrected chi connectivity index (χ0v) is 21.5. The van der Waals surface area contributed by atoms with E-state index in [1.165, 1.54) is 4.31 Å². The molecule has 2 fully saturated rings. The van der Waals surface area contributed by atoms with E-state index in [4.69, 9.17) is 0 Å². The number of hydrogen-bond acceptors (Lipinski definition) is 6. The van der Waals surface area contributed by atoms with Crippen molar-refractivity contribution >= 4 is 10.0 Å². The largest absolute Gasteiger partial charge is 0.390 e. The summed E-state index contributed by atoms with van der Waals surface area (Å²) in [4.78, 5) is 4.21. The van der Waals surface area contributed by atoms with Crippen LogP contribution in [0.3, 0.4) is 0 Å². The van der Waals surface area contributed by atoms with Crippen molar-refractivity contribution in [3.05, 3.63) is 82.4 Å². The summed E-state index contributed by atoms with van der Waals surface area (Å²) >= 11 is 0. The van der Waals surface area contributed by atoms with Gasteiger partial charge in [0.05, 0.1) is 11.0 Å². The van der Waals surface area contributed by atoms with Gasteiger partial charge in [-0.15, -0.1) is 0 Å². The maximum atomic E-state index is 15.6. The SMILES string of the molecule is C[C@H]1CC[C@H](c2ccccc2)S(=O)(=O)N1Cc1cc(F)c(C2(c3n[nH]c(CO)n3)CC(C)(O)C2)cc1F. The predicted octanol–water partition coefficient (Wildman–Crippen LogP) is 3.46. The molecule has 198 valence electrons. The third kappa shape index (κ3) is 4.47. The van der Waals surface area contributed by atoms with Gasteiger partial charge in [0, 0.05) is 23.7 Å². The lowest BCUT2D eigenvalue weighted by Crippen LogP contribution is -2.54. The number of aromatic nitrogens is 3. The Kier molecular flexibility index (Phi) is 6.46. The van der Waals surface area contributed by atoms with E-state index < -0.39 is 44.5 Å². The number of nitrogens with one attached hydrogen (secondary N) is 1. The van der Waals surface area contributed by atoms with Crippen LogP contribution in [0, 0.1) is 11.6 Å². The van der Waals surface area contributed by atoms with E-state index in [1.807, 2.05) is 6.07 Å². The van der Waals surface area contributed by atoms with Gasteiger partial charge in [-0.1, -0.05) is 30.3 Å². The van der Waals surface area contributed by atoms with Crippen molar-refractivity contribution in [1.82, 2.24) is 19.5 Å². The van der Waals surface area contributed by atoms with E-state index in [9.17, 15) is 18.6 Å². The number of aliphatic hydroxyl groups is 2. The summed E-state index contributed by atoms with van der Waals surface area (Å²) in [5, 5.41) is 25.7. The van der Waals surface area contributed by atoms with Crippen LogP contribution in [0.2, 0.25) is 0 Å². The van der Waals surface area contributed by atoms with Crippen molar-refractivity contribution in [3.63, 3.8) is 0 Å². The maximum Gasteiger partial charge on any atom is 0.221 e. The van der Waals surface area contributed by atoms with Crippen LogP contribution in [-0.2, 0) is 28.6 Å². The Morgan fingerprint density at radius 1 is 1.14 bits per heavy atom. The highest BCUT2D eigenvalue weighted by atomic mass is 32.2.